The first-order valence-electron chi connectivity index (χ1n) is 9.64. The van der Waals surface area contributed by atoms with Gasteiger partial charge in [0, 0.05) is 32.7 Å². The van der Waals surface area contributed by atoms with Crippen LogP contribution in [-0.2, 0) is 6.54 Å². The van der Waals surface area contributed by atoms with Crippen LogP contribution in [0, 0.1) is 13.8 Å². The Hall–Kier alpha value is -2.96. The average Bonchev–Trinajstić information content (AvgIpc) is 3.23. The summed E-state index contributed by atoms with van der Waals surface area (Å²) < 4.78 is 5.22. The smallest absolute Gasteiger partial charge is 0.289 e. The van der Waals surface area contributed by atoms with Crippen molar-refractivity contribution in [3.8, 4) is 5.75 Å². The second-order valence-corrected chi connectivity index (χ2v) is 7.00. The normalized spacial score (nSPS) is 15.0. The van der Waals surface area contributed by atoms with Crippen LogP contribution in [0.5, 0.6) is 5.75 Å². The number of aliphatic imine (C=N–C) groups is 1. The highest BCUT2D eigenvalue weighted by Crippen LogP contribution is 2.23. The number of aryl methyl sites for hydroxylation is 2. The lowest BCUT2D eigenvalue weighted by atomic mass is 10.1. The van der Waals surface area contributed by atoms with Crippen molar-refractivity contribution < 1.29 is 14.3 Å². The van der Waals surface area contributed by atoms with Gasteiger partial charge < -0.3 is 24.6 Å². The summed E-state index contributed by atoms with van der Waals surface area (Å²) in [4.78, 5) is 21.2. The lowest BCUT2D eigenvalue weighted by Gasteiger charge is -2.36. The number of carbonyl (C=O) groups excluding carboxylic acids is 1. The van der Waals surface area contributed by atoms with Gasteiger partial charge in [0.1, 0.15) is 5.75 Å². The Balaban J connectivity index is 1.64. The van der Waals surface area contributed by atoms with E-state index >= 15 is 0 Å². The molecule has 150 valence electrons. The topological polar surface area (TPSA) is 81.3 Å². The molecule has 0 radical (unpaired) electrons. The Kier molecular flexibility index (Phi) is 6.23. The van der Waals surface area contributed by atoms with E-state index in [9.17, 15) is 9.90 Å². The number of nitrogens with zero attached hydrogens (tertiary/aromatic N) is 3. The molecule has 1 saturated heterocycles. The fourth-order valence-corrected chi connectivity index (χ4v) is 3.41. The Labute approximate surface area is 165 Å². The highest BCUT2D eigenvalue weighted by atomic mass is 16.3. The summed E-state index contributed by atoms with van der Waals surface area (Å²) in [5, 5.41) is 13.3. The molecule has 0 aliphatic carbocycles. The van der Waals surface area contributed by atoms with Crippen LogP contribution in [0.1, 0.15) is 34.2 Å². The van der Waals surface area contributed by atoms with Crippen LogP contribution in [0.25, 0.3) is 0 Å². The summed E-state index contributed by atoms with van der Waals surface area (Å²) in [6.45, 7) is 9.83. The van der Waals surface area contributed by atoms with E-state index < -0.39 is 0 Å². The predicted octanol–water partition coefficient (Wildman–Crippen LogP) is 2.53. The number of hydrogen-bond acceptors (Lipinski definition) is 4. The van der Waals surface area contributed by atoms with Crippen molar-refractivity contribution in [2.45, 2.75) is 27.3 Å². The number of furan rings is 1. The molecule has 0 spiro atoms. The third-order valence-electron chi connectivity index (χ3n) is 4.90. The molecule has 1 aromatic carbocycles. The fourth-order valence-electron chi connectivity index (χ4n) is 3.41. The van der Waals surface area contributed by atoms with Crippen LogP contribution >= 0.6 is 0 Å². The van der Waals surface area contributed by atoms with Crippen molar-refractivity contribution in [2.24, 2.45) is 4.99 Å². The number of rotatable bonds is 4. The fraction of sp³-hybridized carbons (Fsp3) is 0.429. The molecule has 28 heavy (non-hydrogen) atoms. The van der Waals surface area contributed by atoms with Crippen LogP contribution in [0.3, 0.4) is 0 Å². The largest absolute Gasteiger partial charge is 0.507 e. The highest BCUT2D eigenvalue weighted by molar-refractivity contribution is 5.91. The molecule has 1 amide bonds. The molecule has 0 unspecified atom stereocenters. The first-order chi connectivity index (χ1) is 13.5. The lowest BCUT2D eigenvalue weighted by Crippen LogP contribution is -2.53. The number of guanidine groups is 1. The molecule has 2 N–H and O–H groups in total. The molecule has 0 bridgehead atoms. The molecule has 1 aromatic heterocycles. The predicted molar refractivity (Wildman–Crippen MR) is 109 cm³/mol. The van der Waals surface area contributed by atoms with Gasteiger partial charge in [-0.3, -0.25) is 4.79 Å². The molecule has 3 rings (SSSR count). The molecule has 1 fully saturated rings. The Morgan fingerprint density at radius 1 is 1.18 bits per heavy atom. The van der Waals surface area contributed by atoms with Gasteiger partial charge in [-0.25, -0.2) is 4.99 Å². The zero-order valence-electron chi connectivity index (χ0n) is 16.7. The Morgan fingerprint density at radius 2 is 1.82 bits per heavy atom. The number of hydrogen-bond donors (Lipinski definition) is 2. The van der Waals surface area contributed by atoms with Gasteiger partial charge in [0.2, 0.25) is 0 Å². The van der Waals surface area contributed by atoms with Gasteiger partial charge in [-0.05, 0) is 49.6 Å². The van der Waals surface area contributed by atoms with E-state index in [1.165, 1.54) is 6.26 Å². The zero-order chi connectivity index (χ0) is 20.1. The molecular formula is C21H28N4O3. The summed E-state index contributed by atoms with van der Waals surface area (Å²) in [5.74, 6) is 1.50. The van der Waals surface area contributed by atoms with Gasteiger partial charge in [0.15, 0.2) is 11.7 Å². The highest BCUT2D eigenvalue weighted by Gasteiger charge is 2.25. The molecule has 1 aliphatic rings. The minimum atomic E-state index is -0.0679. The van der Waals surface area contributed by atoms with E-state index in [1.807, 2.05) is 37.8 Å². The molecule has 7 heteroatoms. The summed E-state index contributed by atoms with van der Waals surface area (Å²) >= 11 is 0. The number of phenols is 1. The lowest BCUT2D eigenvalue weighted by molar-refractivity contribution is 0.0657. The summed E-state index contributed by atoms with van der Waals surface area (Å²) in [6.07, 6.45) is 1.52. The maximum atomic E-state index is 12.4. The van der Waals surface area contributed by atoms with Crippen LogP contribution in [0.2, 0.25) is 0 Å². The van der Waals surface area contributed by atoms with E-state index in [2.05, 4.69) is 10.2 Å². The van der Waals surface area contributed by atoms with Crippen LogP contribution < -0.4 is 5.32 Å². The Bertz CT molecular complexity index is 814. The molecule has 1 aliphatic heterocycles. The van der Waals surface area contributed by atoms with Crippen molar-refractivity contribution in [1.82, 2.24) is 15.1 Å². The van der Waals surface area contributed by atoms with Gasteiger partial charge in [-0.15, -0.1) is 0 Å². The van der Waals surface area contributed by atoms with Crippen molar-refractivity contribution >= 4 is 11.9 Å². The van der Waals surface area contributed by atoms with Crippen molar-refractivity contribution in [3.63, 3.8) is 0 Å². The number of piperazine rings is 1. The first kappa shape index (κ1) is 19.8. The van der Waals surface area contributed by atoms with Crippen LogP contribution in [-0.4, -0.2) is 59.5 Å². The summed E-state index contributed by atoms with van der Waals surface area (Å²) in [5.41, 5.74) is 2.79. The van der Waals surface area contributed by atoms with Crippen molar-refractivity contribution in [2.75, 3.05) is 32.7 Å². The maximum absolute atomic E-state index is 12.4. The van der Waals surface area contributed by atoms with E-state index in [4.69, 9.17) is 9.41 Å². The minimum absolute atomic E-state index is 0.0679. The van der Waals surface area contributed by atoms with Crippen LogP contribution in [0.4, 0.5) is 0 Å². The van der Waals surface area contributed by atoms with Gasteiger partial charge >= 0.3 is 0 Å². The Morgan fingerprint density at radius 3 is 2.39 bits per heavy atom. The second-order valence-electron chi connectivity index (χ2n) is 7.00. The average molecular weight is 384 g/mol. The minimum Gasteiger partial charge on any atom is -0.507 e. The third-order valence-corrected chi connectivity index (χ3v) is 4.90. The van der Waals surface area contributed by atoms with Gasteiger partial charge in [0.25, 0.3) is 5.91 Å². The molecular weight excluding hydrogens is 356 g/mol. The number of benzene rings is 1. The van der Waals surface area contributed by atoms with E-state index in [-0.39, 0.29) is 5.91 Å². The summed E-state index contributed by atoms with van der Waals surface area (Å²) in [6, 6.07) is 7.36. The van der Waals surface area contributed by atoms with E-state index in [1.54, 1.807) is 12.1 Å². The monoisotopic (exact) mass is 384 g/mol. The number of nitrogens with one attached hydrogen (secondary N) is 1. The quantitative estimate of drug-likeness (QED) is 0.625. The SMILES string of the molecule is CCNC(=NCc1cc(C)c(O)c(C)c1)N1CCN(C(=O)c2ccco2)CC1. The van der Waals surface area contributed by atoms with E-state index in [0.717, 1.165) is 29.2 Å². The molecule has 0 atom stereocenters. The number of aromatic hydroxyl groups is 1. The standard InChI is InChI=1S/C21H28N4O3/c1-4-22-21(23-14-17-12-15(2)19(26)16(3)13-17)25-9-7-24(8-10-25)20(27)18-6-5-11-28-18/h5-6,11-13,26H,4,7-10,14H2,1-3H3,(H,22,23). The number of amides is 1. The van der Waals surface area contributed by atoms with Crippen LogP contribution in [0.15, 0.2) is 39.9 Å². The van der Waals surface area contributed by atoms with E-state index in [0.29, 0.717) is 44.2 Å². The first-order valence-corrected chi connectivity index (χ1v) is 9.64. The third kappa shape index (κ3) is 4.47. The molecule has 0 saturated carbocycles. The number of phenolic OH excluding ortho intramolecular Hbond substituents is 1. The van der Waals surface area contributed by atoms with Crippen molar-refractivity contribution in [1.29, 1.82) is 0 Å². The van der Waals surface area contributed by atoms with Gasteiger partial charge in [-0.2, -0.15) is 0 Å². The molecule has 7 nitrogen and oxygen atoms in total. The van der Waals surface area contributed by atoms with Gasteiger partial charge in [-0.1, -0.05) is 12.1 Å². The molecule has 2 aromatic rings. The number of carbonyl (C=O) groups is 1. The van der Waals surface area contributed by atoms with Gasteiger partial charge in [0.05, 0.1) is 12.8 Å². The zero-order valence-corrected chi connectivity index (χ0v) is 16.7. The second kappa shape index (κ2) is 8.82. The maximum Gasteiger partial charge on any atom is 0.289 e. The molecule has 2 heterocycles. The summed E-state index contributed by atoms with van der Waals surface area (Å²) in [7, 11) is 0. The van der Waals surface area contributed by atoms with Crippen molar-refractivity contribution in [3.05, 3.63) is 53.0 Å².